The molecule has 2 N–H and O–H groups in total. The number of ether oxygens (including phenoxy) is 2. The Morgan fingerprint density at radius 2 is 2.04 bits per heavy atom. The zero-order valence-electron chi connectivity index (χ0n) is 12.6. The van der Waals surface area contributed by atoms with Crippen LogP contribution >= 0.6 is 0 Å². The molecule has 0 unspecified atom stereocenters. The lowest BCUT2D eigenvalue weighted by Crippen LogP contribution is -2.28. The second kappa shape index (κ2) is 8.92. The van der Waals surface area contributed by atoms with E-state index in [0.717, 1.165) is 12.1 Å². The number of hydrogen-bond donors (Lipinski definition) is 2. The van der Waals surface area contributed by atoms with Gasteiger partial charge in [-0.1, -0.05) is 12.7 Å². The third-order valence-electron chi connectivity index (χ3n) is 2.67. The molecule has 0 aliphatic heterocycles. The standard InChI is InChI=1S/C15H16F3NO5/c1-2-6-24-12-4-3-10(15(16,17)18)8-11(12)14(22)19-5-7-23-9-13(20)21/h2-4,8H,1,5-7,9H2,(H,19,22)(H,20,21). The molecular formula is C15H16F3NO5. The predicted octanol–water partition coefficient (Wildman–Crippen LogP) is 2.10. The first-order valence-corrected chi connectivity index (χ1v) is 6.78. The van der Waals surface area contributed by atoms with Crippen LogP contribution in [0.5, 0.6) is 5.75 Å². The lowest BCUT2D eigenvalue weighted by atomic mass is 10.1. The Morgan fingerprint density at radius 1 is 1.33 bits per heavy atom. The number of alkyl halides is 3. The van der Waals surface area contributed by atoms with Gasteiger partial charge in [-0.25, -0.2) is 4.79 Å². The highest BCUT2D eigenvalue weighted by molar-refractivity contribution is 5.97. The quantitative estimate of drug-likeness (QED) is 0.528. The van der Waals surface area contributed by atoms with Gasteiger partial charge >= 0.3 is 12.1 Å². The van der Waals surface area contributed by atoms with Crippen molar-refractivity contribution >= 4 is 11.9 Å². The zero-order chi connectivity index (χ0) is 18.2. The molecule has 0 bridgehead atoms. The predicted molar refractivity (Wildman–Crippen MR) is 77.9 cm³/mol. The summed E-state index contributed by atoms with van der Waals surface area (Å²) in [7, 11) is 0. The molecule has 1 amide bonds. The molecule has 0 aromatic heterocycles. The third kappa shape index (κ3) is 6.29. The largest absolute Gasteiger partial charge is 0.489 e. The monoisotopic (exact) mass is 347 g/mol. The first kappa shape index (κ1) is 19.5. The minimum Gasteiger partial charge on any atom is -0.489 e. The number of benzene rings is 1. The van der Waals surface area contributed by atoms with Crippen molar-refractivity contribution in [3.8, 4) is 5.75 Å². The maximum Gasteiger partial charge on any atom is 0.416 e. The van der Waals surface area contributed by atoms with E-state index in [1.165, 1.54) is 6.08 Å². The summed E-state index contributed by atoms with van der Waals surface area (Å²) >= 11 is 0. The maximum atomic E-state index is 12.8. The lowest BCUT2D eigenvalue weighted by Gasteiger charge is -2.14. The van der Waals surface area contributed by atoms with Gasteiger partial charge in [0, 0.05) is 6.54 Å². The highest BCUT2D eigenvalue weighted by Crippen LogP contribution is 2.32. The molecular weight excluding hydrogens is 331 g/mol. The number of carboxylic acid groups (broad SMARTS) is 1. The van der Waals surface area contributed by atoms with Crippen molar-refractivity contribution < 1.29 is 37.3 Å². The van der Waals surface area contributed by atoms with Crippen LogP contribution in [0.25, 0.3) is 0 Å². The highest BCUT2D eigenvalue weighted by atomic mass is 19.4. The molecule has 6 nitrogen and oxygen atoms in total. The minimum atomic E-state index is -4.60. The van der Waals surface area contributed by atoms with Crippen molar-refractivity contribution in [1.82, 2.24) is 5.32 Å². The average molecular weight is 347 g/mol. The third-order valence-corrected chi connectivity index (χ3v) is 2.67. The number of hydrogen-bond acceptors (Lipinski definition) is 4. The molecule has 0 radical (unpaired) electrons. The van der Waals surface area contributed by atoms with Crippen molar-refractivity contribution in [2.45, 2.75) is 6.18 Å². The second-order valence-corrected chi connectivity index (χ2v) is 4.51. The number of amides is 1. The Morgan fingerprint density at radius 3 is 2.62 bits per heavy atom. The van der Waals surface area contributed by atoms with Crippen molar-refractivity contribution in [1.29, 1.82) is 0 Å². The van der Waals surface area contributed by atoms with E-state index in [2.05, 4.69) is 11.9 Å². The molecule has 0 aliphatic carbocycles. The molecule has 1 aromatic carbocycles. The van der Waals surface area contributed by atoms with Crippen LogP contribution in [-0.2, 0) is 15.7 Å². The molecule has 0 spiro atoms. The molecule has 24 heavy (non-hydrogen) atoms. The Balaban J connectivity index is 2.82. The molecule has 1 rings (SSSR count). The van der Waals surface area contributed by atoms with Gasteiger partial charge in [-0.05, 0) is 18.2 Å². The van der Waals surface area contributed by atoms with Gasteiger partial charge in [0.2, 0.25) is 0 Å². The van der Waals surface area contributed by atoms with Gasteiger partial charge in [-0.2, -0.15) is 13.2 Å². The van der Waals surface area contributed by atoms with Crippen molar-refractivity contribution in [3.63, 3.8) is 0 Å². The first-order chi connectivity index (χ1) is 11.3. The smallest absolute Gasteiger partial charge is 0.416 e. The number of nitrogens with one attached hydrogen (secondary N) is 1. The summed E-state index contributed by atoms with van der Waals surface area (Å²) in [5, 5.41) is 10.7. The summed E-state index contributed by atoms with van der Waals surface area (Å²) in [5.41, 5.74) is -1.27. The van der Waals surface area contributed by atoms with Crippen LogP contribution in [0.4, 0.5) is 13.2 Å². The second-order valence-electron chi connectivity index (χ2n) is 4.51. The number of carbonyl (C=O) groups is 2. The van der Waals surface area contributed by atoms with Crippen molar-refractivity contribution in [2.24, 2.45) is 0 Å². The Bertz CT molecular complexity index is 601. The van der Waals surface area contributed by atoms with E-state index < -0.39 is 30.2 Å². The lowest BCUT2D eigenvalue weighted by molar-refractivity contribution is -0.142. The molecule has 0 heterocycles. The van der Waals surface area contributed by atoms with Gasteiger partial charge < -0.3 is 19.9 Å². The summed E-state index contributed by atoms with van der Waals surface area (Å²) in [6, 6.07) is 2.55. The summed E-state index contributed by atoms with van der Waals surface area (Å²) in [5.74, 6) is -1.98. The van der Waals surface area contributed by atoms with Crippen molar-refractivity contribution in [2.75, 3.05) is 26.4 Å². The van der Waals surface area contributed by atoms with Crippen LogP contribution in [0.15, 0.2) is 30.9 Å². The number of carbonyl (C=O) groups excluding carboxylic acids is 1. The van der Waals surface area contributed by atoms with Crippen LogP contribution < -0.4 is 10.1 Å². The van der Waals surface area contributed by atoms with Gasteiger partial charge in [0.1, 0.15) is 19.0 Å². The Hall–Kier alpha value is -2.55. The molecule has 1 aromatic rings. The molecule has 132 valence electrons. The molecule has 0 fully saturated rings. The van der Waals surface area contributed by atoms with E-state index >= 15 is 0 Å². The molecule has 0 saturated carbocycles. The van der Waals surface area contributed by atoms with E-state index in [9.17, 15) is 22.8 Å². The fraction of sp³-hybridized carbons (Fsp3) is 0.333. The first-order valence-electron chi connectivity index (χ1n) is 6.78. The van der Waals surface area contributed by atoms with Crippen LogP contribution in [0.3, 0.4) is 0 Å². The fourth-order valence-corrected chi connectivity index (χ4v) is 1.65. The molecule has 0 atom stereocenters. The SMILES string of the molecule is C=CCOc1ccc(C(F)(F)F)cc1C(=O)NCCOCC(=O)O. The minimum absolute atomic E-state index is 0.0212. The summed E-state index contributed by atoms with van der Waals surface area (Å²) in [4.78, 5) is 22.3. The van der Waals surface area contributed by atoms with Gasteiger partial charge in [0.05, 0.1) is 17.7 Å². The number of aliphatic carboxylic acids is 1. The number of carboxylic acids is 1. The van der Waals surface area contributed by atoms with E-state index in [1.807, 2.05) is 0 Å². The summed E-state index contributed by atoms with van der Waals surface area (Å²) < 4.78 is 48.2. The normalized spacial score (nSPS) is 11.0. The van der Waals surface area contributed by atoms with Gasteiger partial charge in [-0.15, -0.1) is 0 Å². The van der Waals surface area contributed by atoms with E-state index in [0.29, 0.717) is 6.07 Å². The molecule has 0 aliphatic rings. The van der Waals surface area contributed by atoms with Gasteiger partial charge in [-0.3, -0.25) is 4.79 Å². The Labute approximate surface area is 135 Å². The van der Waals surface area contributed by atoms with Crippen molar-refractivity contribution in [3.05, 3.63) is 42.0 Å². The van der Waals surface area contributed by atoms with Crippen LogP contribution in [0, 0.1) is 0 Å². The van der Waals surface area contributed by atoms with E-state index in [1.54, 1.807) is 0 Å². The molecule has 9 heteroatoms. The number of rotatable bonds is 9. The maximum absolute atomic E-state index is 12.8. The van der Waals surface area contributed by atoms with Gasteiger partial charge in [0.15, 0.2) is 0 Å². The fourth-order valence-electron chi connectivity index (χ4n) is 1.65. The van der Waals surface area contributed by atoms with Crippen LogP contribution in [0.1, 0.15) is 15.9 Å². The topological polar surface area (TPSA) is 84.9 Å². The summed E-state index contributed by atoms with van der Waals surface area (Å²) in [6.45, 7) is 2.74. The Kier molecular flexibility index (Phi) is 7.25. The van der Waals surface area contributed by atoms with E-state index in [4.69, 9.17) is 14.6 Å². The van der Waals surface area contributed by atoms with E-state index in [-0.39, 0.29) is 31.1 Å². The number of halogens is 3. The average Bonchev–Trinajstić information content (AvgIpc) is 2.51. The molecule has 0 saturated heterocycles. The van der Waals surface area contributed by atoms with Crippen LogP contribution in [0.2, 0.25) is 0 Å². The highest BCUT2D eigenvalue weighted by Gasteiger charge is 2.32. The van der Waals surface area contributed by atoms with Gasteiger partial charge in [0.25, 0.3) is 5.91 Å². The van der Waals surface area contributed by atoms with Crippen LogP contribution in [-0.4, -0.2) is 43.3 Å². The zero-order valence-corrected chi connectivity index (χ0v) is 12.6. The summed E-state index contributed by atoms with van der Waals surface area (Å²) in [6.07, 6.45) is -3.21.